The topological polar surface area (TPSA) is 69.2 Å². The smallest absolute Gasteiger partial charge is 0.164 e. The molecule has 0 saturated carbocycles. The summed E-state index contributed by atoms with van der Waals surface area (Å²) in [5.41, 5.74) is 1.20. The molecule has 2 atom stereocenters. The molecule has 158 valence electrons. The van der Waals surface area contributed by atoms with E-state index in [1.807, 2.05) is 42.5 Å². The average molecular weight is 402 g/mol. The highest BCUT2D eigenvalue weighted by molar-refractivity contribution is 5.30. The van der Waals surface area contributed by atoms with Gasteiger partial charge in [-0.05, 0) is 36.2 Å². The van der Waals surface area contributed by atoms with Crippen LogP contribution in [-0.4, -0.2) is 57.0 Å². The van der Waals surface area contributed by atoms with Crippen LogP contribution in [0.2, 0.25) is 0 Å². The molecule has 0 aromatic heterocycles. The lowest BCUT2D eigenvalue weighted by Crippen LogP contribution is -2.33. The van der Waals surface area contributed by atoms with E-state index in [4.69, 9.17) is 18.9 Å². The minimum Gasteiger partial charge on any atom is -0.492 e. The van der Waals surface area contributed by atoms with Crippen molar-refractivity contribution in [2.45, 2.75) is 31.7 Å². The van der Waals surface area contributed by atoms with Crippen LogP contribution in [0.4, 0.5) is 0 Å². The maximum Gasteiger partial charge on any atom is 0.164 e. The first-order chi connectivity index (χ1) is 14.3. The van der Waals surface area contributed by atoms with Crippen molar-refractivity contribution in [2.24, 2.45) is 0 Å². The van der Waals surface area contributed by atoms with E-state index in [1.54, 1.807) is 0 Å². The first-order valence-electron chi connectivity index (χ1n) is 10.3. The summed E-state index contributed by atoms with van der Waals surface area (Å²) in [6.07, 6.45) is 0.249. The Labute approximate surface area is 172 Å². The number of benzene rings is 2. The molecule has 29 heavy (non-hydrogen) atoms. The highest BCUT2D eigenvalue weighted by Crippen LogP contribution is 2.29. The van der Waals surface area contributed by atoms with E-state index in [1.165, 1.54) is 5.56 Å². The Morgan fingerprint density at radius 1 is 1.00 bits per heavy atom. The van der Waals surface area contributed by atoms with Crippen LogP contribution in [0.1, 0.15) is 24.8 Å². The van der Waals surface area contributed by atoms with Gasteiger partial charge in [-0.2, -0.15) is 0 Å². The van der Waals surface area contributed by atoms with E-state index in [2.05, 4.69) is 24.4 Å². The number of hydrogen-bond acceptors (Lipinski definition) is 6. The maximum absolute atomic E-state index is 9.97. The Kier molecular flexibility index (Phi) is 8.77. The monoisotopic (exact) mass is 401 g/mol. The highest BCUT2D eigenvalue weighted by atomic mass is 16.7. The molecule has 0 radical (unpaired) electrons. The Balaban J connectivity index is 1.31. The van der Waals surface area contributed by atoms with Gasteiger partial charge in [0.25, 0.3) is 0 Å². The van der Waals surface area contributed by atoms with Gasteiger partial charge in [0.15, 0.2) is 6.29 Å². The third-order valence-corrected chi connectivity index (χ3v) is 4.84. The lowest BCUT2D eigenvalue weighted by molar-refractivity contribution is -0.0617. The van der Waals surface area contributed by atoms with Gasteiger partial charge in [0.1, 0.15) is 30.8 Å². The van der Waals surface area contributed by atoms with Crippen LogP contribution in [-0.2, 0) is 9.47 Å². The van der Waals surface area contributed by atoms with E-state index < -0.39 is 6.10 Å². The van der Waals surface area contributed by atoms with Crippen LogP contribution in [0, 0.1) is 0 Å². The van der Waals surface area contributed by atoms with Gasteiger partial charge in [-0.3, -0.25) is 0 Å². The number of para-hydroxylation sites is 1. The number of rotatable bonds is 12. The Morgan fingerprint density at radius 3 is 2.38 bits per heavy atom. The van der Waals surface area contributed by atoms with Gasteiger partial charge >= 0.3 is 0 Å². The maximum atomic E-state index is 9.97. The van der Waals surface area contributed by atoms with E-state index in [0.29, 0.717) is 32.9 Å². The molecular formula is C23H31NO5. The quantitative estimate of drug-likeness (QED) is 0.533. The van der Waals surface area contributed by atoms with Crippen molar-refractivity contribution < 1.29 is 24.1 Å². The molecule has 0 aliphatic carbocycles. The third kappa shape index (κ3) is 7.01. The van der Waals surface area contributed by atoms with Crippen LogP contribution in [0.5, 0.6) is 11.5 Å². The minimum atomic E-state index is -0.569. The first kappa shape index (κ1) is 21.6. The van der Waals surface area contributed by atoms with Crippen molar-refractivity contribution in [3.63, 3.8) is 0 Å². The van der Waals surface area contributed by atoms with Crippen LogP contribution in [0.25, 0.3) is 0 Å². The molecule has 2 N–H and O–H groups in total. The van der Waals surface area contributed by atoms with Gasteiger partial charge in [0.2, 0.25) is 0 Å². The minimum absolute atomic E-state index is 0.145. The van der Waals surface area contributed by atoms with Gasteiger partial charge < -0.3 is 29.4 Å². The highest BCUT2D eigenvalue weighted by Gasteiger charge is 2.26. The molecule has 1 fully saturated rings. The summed E-state index contributed by atoms with van der Waals surface area (Å²) >= 11 is 0. The molecule has 1 aliphatic heterocycles. The predicted octanol–water partition coefficient (Wildman–Crippen LogP) is 2.96. The van der Waals surface area contributed by atoms with Crippen molar-refractivity contribution in [3.8, 4) is 11.5 Å². The molecule has 0 spiro atoms. The van der Waals surface area contributed by atoms with E-state index in [-0.39, 0.29) is 18.8 Å². The van der Waals surface area contributed by atoms with E-state index >= 15 is 0 Å². The molecule has 1 aliphatic rings. The number of ether oxygens (including phenoxy) is 4. The molecule has 1 heterocycles. The van der Waals surface area contributed by atoms with Gasteiger partial charge in [-0.25, -0.2) is 0 Å². The molecule has 1 saturated heterocycles. The molecule has 6 heteroatoms. The standard InChI is InChI=1S/C23H31NO5/c1-2-22(23-27-14-15-28-23)18-8-10-21(11-9-18)26-13-12-24-16-19(25)17-29-20-6-4-3-5-7-20/h3-11,19,22-25H,2,12-17H2,1H3. The van der Waals surface area contributed by atoms with Crippen molar-refractivity contribution >= 4 is 0 Å². The van der Waals surface area contributed by atoms with Crippen LogP contribution < -0.4 is 14.8 Å². The lowest BCUT2D eigenvalue weighted by Gasteiger charge is -2.21. The second-order valence-electron chi connectivity index (χ2n) is 7.02. The number of nitrogens with one attached hydrogen (secondary N) is 1. The van der Waals surface area contributed by atoms with Crippen molar-refractivity contribution in [3.05, 3.63) is 60.2 Å². The van der Waals surface area contributed by atoms with Crippen LogP contribution in [0.15, 0.2) is 54.6 Å². The third-order valence-electron chi connectivity index (χ3n) is 4.84. The fourth-order valence-corrected chi connectivity index (χ4v) is 3.28. The van der Waals surface area contributed by atoms with Gasteiger partial charge in [-0.1, -0.05) is 37.3 Å². The first-order valence-corrected chi connectivity index (χ1v) is 10.3. The Morgan fingerprint density at radius 2 is 1.69 bits per heavy atom. The normalized spacial score (nSPS) is 16.5. The zero-order valence-electron chi connectivity index (χ0n) is 17.0. The molecule has 0 amide bonds. The number of hydrogen-bond donors (Lipinski definition) is 2. The number of aliphatic hydroxyl groups is 1. The van der Waals surface area contributed by atoms with Crippen molar-refractivity contribution in [1.29, 1.82) is 0 Å². The second-order valence-corrected chi connectivity index (χ2v) is 7.02. The molecule has 6 nitrogen and oxygen atoms in total. The summed E-state index contributed by atoms with van der Waals surface area (Å²) in [5.74, 6) is 1.83. The summed E-state index contributed by atoms with van der Waals surface area (Å²) in [6, 6.07) is 17.6. The fourth-order valence-electron chi connectivity index (χ4n) is 3.28. The van der Waals surface area contributed by atoms with Gasteiger partial charge in [0, 0.05) is 19.0 Å². The van der Waals surface area contributed by atoms with Gasteiger partial charge in [-0.15, -0.1) is 0 Å². The van der Waals surface area contributed by atoms with Crippen LogP contribution in [0.3, 0.4) is 0 Å². The largest absolute Gasteiger partial charge is 0.492 e. The predicted molar refractivity (Wildman–Crippen MR) is 111 cm³/mol. The van der Waals surface area contributed by atoms with E-state index in [0.717, 1.165) is 17.9 Å². The SMILES string of the molecule is CCC(c1ccc(OCCNCC(O)COc2ccccc2)cc1)C1OCCO1. The fraction of sp³-hybridized carbons (Fsp3) is 0.478. The van der Waals surface area contributed by atoms with Crippen molar-refractivity contribution in [1.82, 2.24) is 5.32 Å². The summed E-state index contributed by atoms with van der Waals surface area (Å²) in [7, 11) is 0. The average Bonchev–Trinajstić information content (AvgIpc) is 3.29. The van der Waals surface area contributed by atoms with E-state index in [9.17, 15) is 5.11 Å². The van der Waals surface area contributed by atoms with Crippen LogP contribution >= 0.6 is 0 Å². The zero-order valence-corrected chi connectivity index (χ0v) is 17.0. The second kappa shape index (κ2) is 11.8. The van der Waals surface area contributed by atoms with Gasteiger partial charge in [0.05, 0.1) is 13.2 Å². The molecule has 2 aromatic rings. The lowest BCUT2D eigenvalue weighted by atomic mass is 9.96. The Hall–Kier alpha value is -2.12. The summed E-state index contributed by atoms with van der Waals surface area (Å²) in [5, 5.41) is 13.2. The summed E-state index contributed by atoms with van der Waals surface area (Å²) in [6.45, 7) is 5.36. The molecule has 2 unspecified atom stereocenters. The van der Waals surface area contributed by atoms with Crippen molar-refractivity contribution in [2.75, 3.05) is 39.5 Å². The summed E-state index contributed by atoms with van der Waals surface area (Å²) < 4.78 is 22.6. The summed E-state index contributed by atoms with van der Waals surface area (Å²) in [4.78, 5) is 0. The zero-order chi connectivity index (χ0) is 20.3. The molecular weight excluding hydrogens is 370 g/mol. The Bertz CT molecular complexity index is 688. The number of aliphatic hydroxyl groups excluding tert-OH is 1. The molecule has 2 aromatic carbocycles. The molecule has 3 rings (SSSR count). The molecule has 0 bridgehead atoms.